The summed E-state index contributed by atoms with van der Waals surface area (Å²) in [6, 6.07) is 7.93. The molecule has 18 heavy (non-hydrogen) atoms. The number of aliphatic hydroxyl groups excluding tert-OH is 1. The molecule has 1 atom stereocenters. The fraction of sp³-hybridized carbons (Fsp3) is 0.286. The minimum atomic E-state index is -0.688. The third kappa shape index (κ3) is 2.19. The van der Waals surface area contributed by atoms with Crippen molar-refractivity contribution in [3.05, 3.63) is 55.2 Å². The summed E-state index contributed by atoms with van der Waals surface area (Å²) in [6.07, 6.45) is 2.78. The van der Waals surface area contributed by atoms with E-state index in [-0.39, 0.29) is 0 Å². The van der Waals surface area contributed by atoms with Crippen LogP contribution in [0, 0.1) is 0 Å². The molecule has 2 aromatic rings. The summed E-state index contributed by atoms with van der Waals surface area (Å²) in [5.41, 5.74) is 4.35. The molecule has 1 unspecified atom stereocenters. The Kier molecular flexibility index (Phi) is 3.37. The van der Waals surface area contributed by atoms with E-state index in [1.54, 1.807) is 6.07 Å². The SMILES string of the molecule is OC(c1ccc2c(c1)CCC2)c1cc(Cl)sc1Cl. The van der Waals surface area contributed by atoms with Crippen molar-refractivity contribution >= 4 is 34.5 Å². The van der Waals surface area contributed by atoms with E-state index in [1.165, 1.54) is 28.9 Å². The van der Waals surface area contributed by atoms with Crippen molar-refractivity contribution in [1.29, 1.82) is 0 Å². The van der Waals surface area contributed by atoms with Gasteiger partial charge in [-0.1, -0.05) is 41.4 Å². The number of aryl methyl sites for hydroxylation is 2. The van der Waals surface area contributed by atoms with Gasteiger partial charge in [0.1, 0.15) is 10.4 Å². The van der Waals surface area contributed by atoms with Gasteiger partial charge in [-0.25, -0.2) is 0 Å². The molecule has 0 saturated carbocycles. The molecule has 1 nitrogen and oxygen atoms in total. The van der Waals surface area contributed by atoms with E-state index in [0.29, 0.717) is 14.2 Å². The Morgan fingerprint density at radius 1 is 1.11 bits per heavy atom. The van der Waals surface area contributed by atoms with Crippen molar-refractivity contribution in [1.82, 2.24) is 0 Å². The molecule has 1 aromatic carbocycles. The number of thiophene rings is 1. The number of halogens is 2. The maximum absolute atomic E-state index is 10.4. The molecule has 0 aliphatic heterocycles. The molecule has 1 aliphatic rings. The van der Waals surface area contributed by atoms with Gasteiger partial charge in [0.2, 0.25) is 0 Å². The molecule has 0 spiro atoms. The fourth-order valence-electron chi connectivity index (χ4n) is 2.48. The highest BCUT2D eigenvalue weighted by Gasteiger charge is 2.19. The van der Waals surface area contributed by atoms with Crippen molar-refractivity contribution in [2.24, 2.45) is 0 Å². The normalized spacial score (nSPS) is 15.7. The minimum Gasteiger partial charge on any atom is -0.384 e. The average Bonchev–Trinajstić information content (AvgIpc) is 2.93. The summed E-state index contributed by atoms with van der Waals surface area (Å²) < 4.78 is 1.17. The molecule has 1 aliphatic carbocycles. The second-order valence-corrected chi connectivity index (χ2v) is 6.85. The van der Waals surface area contributed by atoms with Crippen molar-refractivity contribution in [2.75, 3.05) is 0 Å². The van der Waals surface area contributed by atoms with Crippen LogP contribution in [0.25, 0.3) is 0 Å². The quantitative estimate of drug-likeness (QED) is 0.857. The van der Waals surface area contributed by atoms with Gasteiger partial charge in [-0.3, -0.25) is 0 Å². The van der Waals surface area contributed by atoms with E-state index < -0.39 is 6.10 Å². The van der Waals surface area contributed by atoms with Gasteiger partial charge in [0.25, 0.3) is 0 Å². The zero-order chi connectivity index (χ0) is 12.7. The Morgan fingerprint density at radius 2 is 1.89 bits per heavy atom. The highest BCUT2D eigenvalue weighted by molar-refractivity contribution is 7.20. The van der Waals surface area contributed by atoms with Crippen LogP contribution >= 0.6 is 34.5 Å². The van der Waals surface area contributed by atoms with E-state index in [4.69, 9.17) is 23.2 Å². The molecule has 1 N–H and O–H groups in total. The lowest BCUT2D eigenvalue weighted by molar-refractivity contribution is 0.221. The number of hydrogen-bond acceptors (Lipinski definition) is 2. The van der Waals surface area contributed by atoms with Gasteiger partial charge >= 0.3 is 0 Å². The average molecular weight is 299 g/mol. The predicted molar refractivity (Wildman–Crippen MR) is 76.9 cm³/mol. The van der Waals surface area contributed by atoms with E-state index in [0.717, 1.165) is 18.4 Å². The lowest BCUT2D eigenvalue weighted by atomic mass is 10.00. The van der Waals surface area contributed by atoms with Crippen molar-refractivity contribution in [2.45, 2.75) is 25.4 Å². The number of benzene rings is 1. The van der Waals surface area contributed by atoms with Crippen LogP contribution in [0.2, 0.25) is 8.67 Å². The van der Waals surface area contributed by atoms with E-state index in [9.17, 15) is 5.11 Å². The van der Waals surface area contributed by atoms with Crippen molar-refractivity contribution in [3.8, 4) is 0 Å². The van der Waals surface area contributed by atoms with Crippen LogP contribution in [0.3, 0.4) is 0 Å². The molecule has 1 heterocycles. The van der Waals surface area contributed by atoms with Crippen LogP contribution in [0.5, 0.6) is 0 Å². The molecule has 4 heteroatoms. The number of hydrogen-bond donors (Lipinski definition) is 1. The van der Waals surface area contributed by atoms with Crippen LogP contribution in [0.15, 0.2) is 24.3 Å². The van der Waals surface area contributed by atoms with Crippen LogP contribution in [0.1, 0.15) is 34.8 Å². The lowest BCUT2D eigenvalue weighted by Gasteiger charge is -2.12. The van der Waals surface area contributed by atoms with Gasteiger partial charge in [-0.05, 0) is 42.0 Å². The number of aliphatic hydroxyl groups is 1. The topological polar surface area (TPSA) is 20.2 Å². The summed E-state index contributed by atoms with van der Waals surface area (Å²) in [4.78, 5) is 0. The lowest BCUT2D eigenvalue weighted by Crippen LogP contribution is -1.99. The maximum Gasteiger partial charge on any atom is 0.106 e. The van der Waals surface area contributed by atoms with Crippen molar-refractivity contribution < 1.29 is 5.11 Å². The first-order valence-corrected chi connectivity index (χ1v) is 7.47. The van der Waals surface area contributed by atoms with Crippen LogP contribution in [0.4, 0.5) is 0 Å². The summed E-state index contributed by atoms with van der Waals surface area (Å²) in [5, 5.41) is 10.4. The Morgan fingerprint density at radius 3 is 2.61 bits per heavy atom. The second kappa shape index (κ2) is 4.86. The van der Waals surface area contributed by atoms with E-state index in [2.05, 4.69) is 12.1 Å². The van der Waals surface area contributed by atoms with Gasteiger partial charge < -0.3 is 5.11 Å². The zero-order valence-electron chi connectivity index (χ0n) is 9.62. The first-order chi connectivity index (χ1) is 8.65. The molecule has 0 saturated heterocycles. The Balaban J connectivity index is 1.97. The molecular weight excluding hydrogens is 287 g/mol. The van der Waals surface area contributed by atoms with Gasteiger partial charge in [-0.2, -0.15) is 0 Å². The van der Waals surface area contributed by atoms with Gasteiger partial charge in [0.05, 0.1) is 4.34 Å². The van der Waals surface area contributed by atoms with Gasteiger partial charge in [0, 0.05) is 5.56 Å². The predicted octanol–water partition coefficient (Wildman–Crippen LogP) is 4.63. The zero-order valence-corrected chi connectivity index (χ0v) is 11.9. The molecule has 0 radical (unpaired) electrons. The molecule has 0 bridgehead atoms. The highest BCUT2D eigenvalue weighted by atomic mass is 35.5. The standard InChI is InChI=1S/C14H12Cl2OS/c15-12-7-11(14(16)18-12)13(17)10-5-4-8-2-1-3-9(8)6-10/h4-7,13,17H,1-3H2. The van der Waals surface area contributed by atoms with E-state index >= 15 is 0 Å². The summed E-state index contributed by atoms with van der Waals surface area (Å²) >= 11 is 13.3. The van der Waals surface area contributed by atoms with Crippen molar-refractivity contribution in [3.63, 3.8) is 0 Å². The first kappa shape index (κ1) is 12.5. The molecule has 1 aromatic heterocycles. The fourth-order valence-corrected chi connectivity index (χ4v) is 4.00. The number of fused-ring (bicyclic) bond motifs is 1. The minimum absolute atomic E-state index is 0.563. The Bertz CT molecular complexity index is 591. The monoisotopic (exact) mass is 298 g/mol. The molecule has 0 fully saturated rings. The Hall–Kier alpha value is -0.540. The maximum atomic E-state index is 10.4. The smallest absolute Gasteiger partial charge is 0.106 e. The van der Waals surface area contributed by atoms with Gasteiger partial charge in [-0.15, -0.1) is 11.3 Å². The first-order valence-electron chi connectivity index (χ1n) is 5.89. The summed E-state index contributed by atoms with van der Waals surface area (Å²) in [5.74, 6) is 0. The van der Waals surface area contributed by atoms with E-state index in [1.807, 2.05) is 6.07 Å². The molecule has 3 rings (SSSR count). The number of rotatable bonds is 2. The highest BCUT2D eigenvalue weighted by Crippen LogP contribution is 2.38. The van der Waals surface area contributed by atoms with Gasteiger partial charge in [0.15, 0.2) is 0 Å². The molecule has 0 amide bonds. The van der Waals surface area contributed by atoms with Crippen LogP contribution < -0.4 is 0 Å². The van der Waals surface area contributed by atoms with Crippen LogP contribution in [-0.4, -0.2) is 5.11 Å². The molecular formula is C14H12Cl2OS. The summed E-state index contributed by atoms with van der Waals surface area (Å²) in [6.45, 7) is 0. The Labute approximate surface area is 120 Å². The van der Waals surface area contributed by atoms with Crippen LogP contribution in [-0.2, 0) is 12.8 Å². The second-order valence-electron chi connectivity index (χ2n) is 4.56. The largest absolute Gasteiger partial charge is 0.384 e. The molecule has 94 valence electrons. The third-order valence-corrected chi connectivity index (χ3v) is 4.93. The third-order valence-electron chi connectivity index (χ3n) is 3.42. The summed E-state index contributed by atoms with van der Waals surface area (Å²) in [7, 11) is 0.